The molecule has 2 rings (SSSR count). The molecule has 0 radical (unpaired) electrons. The number of hydrogen-bond donors (Lipinski definition) is 0. The van der Waals surface area contributed by atoms with E-state index in [1.807, 2.05) is 17.5 Å². The second kappa shape index (κ2) is 5.84. The lowest BCUT2D eigenvalue weighted by atomic mass is 10.1. The molecule has 0 saturated carbocycles. The molecule has 0 aliphatic rings. The van der Waals surface area contributed by atoms with E-state index in [2.05, 4.69) is 0 Å². The first-order valence-electron chi connectivity index (χ1n) is 5.25. The fraction of sp³-hybridized carbons (Fsp3) is 0.154. The molecule has 5 heteroatoms. The Labute approximate surface area is 107 Å². The zero-order valence-corrected chi connectivity index (χ0v) is 10.2. The standard InChI is InChI=1S/C13H10F2O2S/c14-9-3-4-12(15)11(6-9)13(16)8-17-7-10-2-1-5-18-10/h1-6H,7-8H2. The number of halogens is 2. The monoisotopic (exact) mass is 268 g/mol. The van der Waals surface area contributed by atoms with Gasteiger partial charge in [-0.3, -0.25) is 4.79 Å². The summed E-state index contributed by atoms with van der Waals surface area (Å²) in [6.07, 6.45) is 0. The molecule has 1 aromatic heterocycles. The average molecular weight is 268 g/mol. The van der Waals surface area contributed by atoms with Gasteiger partial charge in [0.2, 0.25) is 0 Å². The minimum atomic E-state index is -0.735. The van der Waals surface area contributed by atoms with Crippen molar-refractivity contribution in [1.29, 1.82) is 0 Å². The maximum Gasteiger partial charge on any atom is 0.191 e. The van der Waals surface area contributed by atoms with Crippen molar-refractivity contribution >= 4 is 17.1 Å². The van der Waals surface area contributed by atoms with Crippen LogP contribution in [-0.4, -0.2) is 12.4 Å². The number of ketones is 1. The van der Waals surface area contributed by atoms with Crippen LogP contribution in [0.2, 0.25) is 0 Å². The van der Waals surface area contributed by atoms with Crippen molar-refractivity contribution in [3.8, 4) is 0 Å². The van der Waals surface area contributed by atoms with Gasteiger partial charge in [-0.2, -0.15) is 0 Å². The van der Waals surface area contributed by atoms with Crippen LogP contribution in [0.1, 0.15) is 15.2 Å². The molecule has 0 saturated heterocycles. The lowest BCUT2D eigenvalue weighted by molar-refractivity contribution is 0.0727. The largest absolute Gasteiger partial charge is 0.368 e. The van der Waals surface area contributed by atoms with E-state index < -0.39 is 17.4 Å². The number of carbonyl (C=O) groups excluding carboxylic acids is 1. The number of thiophene rings is 1. The van der Waals surface area contributed by atoms with Crippen molar-refractivity contribution in [2.75, 3.05) is 6.61 Å². The predicted molar refractivity (Wildman–Crippen MR) is 64.7 cm³/mol. The normalized spacial score (nSPS) is 10.6. The van der Waals surface area contributed by atoms with Crippen molar-refractivity contribution in [3.63, 3.8) is 0 Å². The lowest BCUT2D eigenvalue weighted by Gasteiger charge is -2.03. The minimum Gasteiger partial charge on any atom is -0.368 e. The molecule has 0 spiro atoms. The maximum absolute atomic E-state index is 13.3. The van der Waals surface area contributed by atoms with Gasteiger partial charge in [0, 0.05) is 4.88 Å². The molecule has 94 valence electrons. The second-order valence-electron chi connectivity index (χ2n) is 3.62. The Morgan fingerprint density at radius 1 is 1.28 bits per heavy atom. The van der Waals surface area contributed by atoms with Gasteiger partial charge in [0.05, 0.1) is 12.2 Å². The van der Waals surface area contributed by atoms with Crippen molar-refractivity contribution in [2.45, 2.75) is 6.61 Å². The highest BCUT2D eigenvalue weighted by atomic mass is 32.1. The Bertz CT molecular complexity index is 538. The molecule has 0 aliphatic carbocycles. The molecule has 0 aliphatic heterocycles. The first-order chi connectivity index (χ1) is 8.66. The van der Waals surface area contributed by atoms with Gasteiger partial charge < -0.3 is 4.74 Å². The third kappa shape index (κ3) is 3.21. The average Bonchev–Trinajstić information content (AvgIpc) is 2.85. The smallest absolute Gasteiger partial charge is 0.191 e. The molecule has 0 bridgehead atoms. The zero-order valence-electron chi connectivity index (χ0n) is 9.36. The Kier molecular flexibility index (Phi) is 4.17. The number of rotatable bonds is 5. The summed E-state index contributed by atoms with van der Waals surface area (Å²) >= 11 is 1.51. The van der Waals surface area contributed by atoms with Crippen LogP contribution in [0.15, 0.2) is 35.7 Å². The maximum atomic E-state index is 13.3. The highest BCUT2D eigenvalue weighted by Crippen LogP contribution is 2.12. The predicted octanol–water partition coefficient (Wildman–Crippen LogP) is 3.43. The van der Waals surface area contributed by atoms with Gasteiger partial charge in [-0.15, -0.1) is 11.3 Å². The Morgan fingerprint density at radius 3 is 2.83 bits per heavy atom. The van der Waals surface area contributed by atoms with Crippen LogP contribution in [0.25, 0.3) is 0 Å². The van der Waals surface area contributed by atoms with Gasteiger partial charge in [-0.25, -0.2) is 8.78 Å². The Hall–Kier alpha value is -1.59. The van der Waals surface area contributed by atoms with Gasteiger partial charge in [0.15, 0.2) is 5.78 Å². The molecule has 0 unspecified atom stereocenters. The van der Waals surface area contributed by atoms with Gasteiger partial charge in [-0.1, -0.05) is 6.07 Å². The molecular weight excluding hydrogens is 258 g/mol. The van der Waals surface area contributed by atoms with Crippen LogP contribution in [-0.2, 0) is 11.3 Å². The highest BCUT2D eigenvalue weighted by Gasteiger charge is 2.13. The van der Waals surface area contributed by atoms with Crippen molar-refractivity contribution < 1.29 is 18.3 Å². The van der Waals surface area contributed by atoms with Crippen LogP contribution >= 0.6 is 11.3 Å². The number of carbonyl (C=O) groups is 1. The highest BCUT2D eigenvalue weighted by molar-refractivity contribution is 7.09. The van der Waals surface area contributed by atoms with E-state index in [0.717, 1.165) is 23.1 Å². The SMILES string of the molecule is O=C(COCc1cccs1)c1cc(F)ccc1F. The van der Waals surface area contributed by atoms with Crippen LogP contribution in [0.5, 0.6) is 0 Å². The summed E-state index contributed by atoms with van der Waals surface area (Å²) in [6, 6.07) is 6.53. The summed E-state index contributed by atoms with van der Waals surface area (Å²) in [6.45, 7) is 0.0264. The summed E-state index contributed by atoms with van der Waals surface area (Å²) in [5, 5.41) is 1.90. The topological polar surface area (TPSA) is 26.3 Å². The quantitative estimate of drug-likeness (QED) is 0.777. The summed E-state index contributed by atoms with van der Waals surface area (Å²) in [5.74, 6) is -1.94. The van der Waals surface area contributed by atoms with E-state index >= 15 is 0 Å². The van der Waals surface area contributed by atoms with Gasteiger partial charge in [-0.05, 0) is 29.6 Å². The molecule has 0 amide bonds. The molecule has 0 N–H and O–H groups in total. The van der Waals surface area contributed by atoms with Crippen molar-refractivity contribution in [1.82, 2.24) is 0 Å². The Balaban J connectivity index is 1.93. The number of ether oxygens (including phenoxy) is 1. The van der Waals surface area contributed by atoms with Gasteiger partial charge in [0.25, 0.3) is 0 Å². The third-order valence-electron chi connectivity index (χ3n) is 2.29. The molecule has 0 fully saturated rings. The summed E-state index contributed by atoms with van der Waals surface area (Å²) in [7, 11) is 0. The number of hydrogen-bond acceptors (Lipinski definition) is 3. The fourth-order valence-electron chi connectivity index (χ4n) is 1.43. The molecule has 0 atom stereocenters. The van der Waals surface area contributed by atoms with Crippen molar-refractivity contribution in [3.05, 3.63) is 57.8 Å². The Morgan fingerprint density at radius 2 is 2.11 bits per heavy atom. The second-order valence-corrected chi connectivity index (χ2v) is 4.65. The lowest BCUT2D eigenvalue weighted by Crippen LogP contribution is -2.11. The molecule has 2 aromatic rings. The number of benzene rings is 1. The van der Waals surface area contributed by atoms with E-state index in [4.69, 9.17) is 4.74 Å². The molecule has 18 heavy (non-hydrogen) atoms. The van der Waals surface area contributed by atoms with Gasteiger partial charge >= 0.3 is 0 Å². The number of Topliss-reactive ketones (excluding diaryl/α,β-unsaturated/α-hetero) is 1. The van der Waals surface area contributed by atoms with Gasteiger partial charge in [0.1, 0.15) is 18.2 Å². The molecule has 1 heterocycles. The van der Waals surface area contributed by atoms with Crippen LogP contribution in [0.4, 0.5) is 8.78 Å². The van der Waals surface area contributed by atoms with E-state index in [1.165, 1.54) is 11.3 Å². The summed E-state index contributed by atoms with van der Waals surface area (Å²) < 4.78 is 31.3. The molecular formula is C13H10F2O2S. The molecule has 2 nitrogen and oxygen atoms in total. The minimum absolute atomic E-state index is 0.266. The zero-order chi connectivity index (χ0) is 13.0. The molecule has 1 aromatic carbocycles. The van der Waals surface area contributed by atoms with E-state index in [1.54, 1.807) is 0 Å². The summed E-state index contributed by atoms with van der Waals surface area (Å²) in [5.41, 5.74) is -0.277. The summed E-state index contributed by atoms with van der Waals surface area (Å²) in [4.78, 5) is 12.6. The van der Waals surface area contributed by atoms with E-state index in [9.17, 15) is 13.6 Å². The van der Waals surface area contributed by atoms with Crippen LogP contribution in [0, 0.1) is 11.6 Å². The van der Waals surface area contributed by atoms with Crippen LogP contribution in [0.3, 0.4) is 0 Å². The first kappa shape index (κ1) is 12.9. The van der Waals surface area contributed by atoms with Crippen molar-refractivity contribution in [2.24, 2.45) is 0 Å². The van der Waals surface area contributed by atoms with Crippen LogP contribution < -0.4 is 0 Å². The third-order valence-corrected chi connectivity index (χ3v) is 3.14. The fourth-order valence-corrected chi connectivity index (χ4v) is 2.07. The van der Waals surface area contributed by atoms with E-state index in [-0.39, 0.29) is 12.2 Å². The first-order valence-corrected chi connectivity index (χ1v) is 6.13. The van der Waals surface area contributed by atoms with E-state index in [0.29, 0.717) is 6.61 Å².